The third kappa shape index (κ3) is 2.13. The predicted octanol–water partition coefficient (Wildman–Crippen LogP) is 2.74. The van der Waals surface area contributed by atoms with Gasteiger partial charge in [-0.1, -0.05) is 36.4 Å². The second kappa shape index (κ2) is 5.26. The molecule has 0 aliphatic carbocycles. The van der Waals surface area contributed by atoms with Gasteiger partial charge in [-0.05, 0) is 34.1 Å². The van der Waals surface area contributed by atoms with E-state index in [0.29, 0.717) is 15.4 Å². The molecule has 112 valence electrons. The Bertz CT molecular complexity index is 979. The van der Waals surface area contributed by atoms with E-state index in [2.05, 4.69) is 15.9 Å². The summed E-state index contributed by atoms with van der Waals surface area (Å²) in [5.41, 5.74) is 5.70. The van der Waals surface area contributed by atoms with E-state index in [-0.39, 0.29) is 10.6 Å². The van der Waals surface area contributed by atoms with Gasteiger partial charge >= 0.3 is 0 Å². The van der Waals surface area contributed by atoms with Crippen molar-refractivity contribution in [2.45, 2.75) is 4.90 Å². The molecule has 3 rings (SSSR count). The Morgan fingerprint density at radius 1 is 1.00 bits per heavy atom. The van der Waals surface area contributed by atoms with Crippen LogP contribution >= 0.6 is 15.9 Å². The highest BCUT2D eigenvalue weighted by molar-refractivity contribution is 9.10. The van der Waals surface area contributed by atoms with Crippen molar-refractivity contribution in [1.82, 2.24) is 3.97 Å². The molecule has 1 heterocycles. The van der Waals surface area contributed by atoms with Crippen molar-refractivity contribution >= 4 is 42.8 Å². The zero-order chi connectivity index (χ0) is 15.9. The second-order valence-corrected chi connectivity index (χ2v) is 7.21. The van der Waals surface area contributed by atoms with Gasteiger partial charge in [0.2, 0.25) is 0 Å². The molecule has 0 saturated heterocycles. The number of aromatic nitrogens is 1. The molecular formula is C15H11BrN2O3S. The highest BCUT2D eigenvalue weighted by Crippen LogP contribution is 2.33. The van der Waals surface area contributed by atoms with Crippen LogP contribution in [0.2, 0.25) is 0 Å². The Balaban J connectivity index is 2.45. The number of halogens is 1. The molecule has 1 aromatic heterocycles. The van der Waals surface area contributed by atoms with E-state index in [1.807, 2.05) is 0 Å². The van der Waals surface area contributed by atoms with E-state index in [1.54, 1.807) is 42.5 Å². The average Bonchev–Trinajstić information content (AvgIpc) is 2.82. The first kappa shape index (κ1) is 14.8. The van der Waals surface area contributed by atoms with Gasteiger partial charge in [0.15, 0.2) is 0 Å². The van der Waals surface area contributed by atoms with Crippen molar-refractivity contribution in [2.75, 3.05) is 0 Å². The van der Waals surface area contributed by atoms with Crippen molar-refractivity contribution in [1.29, 1.82) is 0 Å². The Morgan fingerprint density at radius 3 is 2.23 bits per heavy atom. The van der Waals surface area contributed by atoms with E-state index < -0.39 is 15.9 Å². The first-order valence-corrected chi connectivity index (χ1v) is 8.57. The highest BCUT2D eigenvalue weighted by Gasteiger charge is 2.28. The van der Waals surface area contributed by atoms with Crippen LogP contribution in [-0.4, -0.2) is 18.3 Å². The Labute approximate surface area is 135 Å². The number of hydrogen-bond acceptors (Lipinski definition) is 3. The summed E-state index contributed by atoms with van der Waals surface area (Å²) in [6.45, 7) is 0. The van der Waals surface area contributed by atoms with Gasteiger partial charge in [0.1, 0.15) is 5.69 Å². The molecule has 0 unspecified atom stereocenters. The minimum atomic E-state index is -3.93. The molecule has 5 nitrogen and oxygen atoms in total. The summed E-state index contributed by atoms with van der Waals surface area (Å²) in [6, 6.07) is 14.7. The Morgan fingerprint density at radius 2 is 1.59 bits per heavy atom. The van der Waals surface area contributed by atoms with Gasteiger partial charge in [-0.2, -0.15) is 0 Å². The lowest BCUT2D eigenvalue weighted by molar-refractivity contribution is 0.0994. The number of fused-ring (bicyclic) bond motifs is 1. The molecule has 0 atom stereocenters. The number of para-hydroxylation sites is 1. The summed E-state index contributed by atoms with van der Waals surface area (Å²) in [4.78, 5) is 11.9. The van der Waals surface area contributed by atoms with E-state index in [0.717, 1.165) is 3.97 Å². The monoisotopic (exact) mass is 378 g/mol. The van der Waals surface area contributed by atoms with E-state index >= 15 is 0 Å². The van der Waals surface area contributed by atoms with Gasteiger partial charge in [0.05, 0.1) is 14.9 Å². The summed E-state index contributed by atoms with van der Waals surface area (Å²) in [7, 11) is -3.93. The third-order valence-electron chi connectivity index (χ3n) is 3.29. The summed E-state index contributed by atoms with van der Waals surface area (Å²) in [5, 5.41) is 0.607. The molecule has 22 heavy (non-hydrogen) atoms. The molecule has 0 fully saturated rings. The lowest BCUT2D eigenvalue weighted by Crippen LogP contribution is -2.22. The first-order chi connectivity index (χ1) is 10.4. The normalized spacial score (nSPS) is 11.7. The third-order valence-corrected chi connectivity index (χ3v) is 5.82. The number of nitrogens with zero attached hydrogens (tertiary/aromatic N) is 1. The van der Waals surface area contributed by atoms with E-state index in [9.17, 15) is 13.2 Å². The predicted molar refractivity (Wildman–Crippen MR) is 87.2 cm³/mol. The zero-order valence-electron chi connectivity index (χ0n) is 11.2. The van der Waals surface area contributed by atoms with Crippen LogP contribution in [0.5, 0.6) is 0 Å². The van der Waals surface area contributed by atoms with Crippen molar-refractivity contribution in [3.05, 3.63) is 64.8 Å². The van der Waals surface area contributed by atoms with E-state index in [1.165, 1.54) is 12.1 Å². The molecule has 3 aromatic rings. The van der Waals surface area contributed by atoms with Gasteiger partial charge in [-0.25, -0.2) is 12.4 Å². The topological polar surface area (TPSA) is 82.2 Å². The largest absolute Gasteiger partial charge is 0.364 e. The average molecular weight is 379 g/mol. The number of carbonyl (C=O) groups excluding carboxylic acids is 1. The molecule has 7 heteroatoms. The van der Waals surface area contributed by atoms with E-state index in [4.69, 9.17) is 5.73 Å². The van der Waals surface area contributed by atoms with Crippen LogP contribution in [0.25, 0.3) is 10.9 Å². The van der Waals surface area contributed by atoms with Crippen LogP contribution in [0, 0.1) is 0 Å². The fraction of sp³-hybridized carbons (Fsp3) is 0. The highest BCUT2D eigenvalue weighted by atomic mass is 79.9. The minimum absolute atomic E-state index is 0.0887. The molecule has 0 bridgehead atoms. The lowest BCUT2D eigenvalue weighted by Gasteiger charge is -2.10. The zero-order valence-corrected chi connectivity index (χ0v) is 13.6. The summed E-state index contributed by atoms with van der Waals surface area (Å²) < 4.78 is 27.2. The maximum atomic E-state index is 12.9. The second-order valence-electron chi connectivity index (χ2n) is 4.63. The SMILES string of the molecule is NC(=O)c1c(Br)c2ccccc2n1S(=O)(=O)c1ccccc1. The smallest absolute Gasteiger partial charge is 0.268 e. The van der Waals surface area contributed by atoms with Gasteiger partial charge in [-0.3, -0.25) is 4.79 Å². The van der Waals surface area contributed by atoms with Crippen molar-refractivity contribution in [3.63, 3.8) is 0 Å². The molecule has 0 aliphatic heterocycles. The molecule has 2 N–H and O–H groups in total. The quantitative estimate of drug-likeness (QED) is 0.760. The molecule has 2 aromatic carbocycles. The van der Waals surface area contributed by atoms with Gasteiger partial charge in [0.25, 0.3) is 15.9 Å². The molecule has 1 amide bonds. The standard InChI is InChI=1S/C15H11BrN2O3S/c16-13-11-8-4-5-9-12(11)18(14(13)15(17)19)22(20,21)10-6-2-1-3-7-10/h1-9H,(H2,17,19). The van der Waals surface area contributed by atoms with Gasteiger partial charge in [0, 0.05) is 5.39 Å². The number of nitrogens with two attached hydrogens (primary N) is 1. The van der Waals surface area contributed by atoms with Crippen LogP contribution in [0.15, 0.2) is 64.0 Å². The Hall–Kier alpha value is -2.12. The maximum absolute atomic E-state index is 12.9. The van der Waals surface area contributed by atoms with Crippen LogP contribution in [0.1, 0.15) is 10.5 Å². The number of primary amides is 1. The Kier molecular flexibility index (Phi) is 3.54. The molecule has 0 saturated carbocycles. The van der Waals surface area contributed by atoms with Crippen LogP contribution in [-0.2, 0) is 10.0 Å². The maximum Gasteiger partial charge on any atom is 0.268 e. The van der Waals surface area contributed by atoms with Crippen molar-refractivity contribution in [3.8, 4) is 0 Å². The minimum Gasteiger partial charge on any atom is -0.364 e. The first-order valence-electron chi connectivity index (χ1n) is 6.34. The van der Waals surface area contributed by atoms with Crippen LogP contribution in [0.4, 0.5) is 0 Å². The van der Waals surface area contributed by atoms with Crippen molar-refractivity contribution in [2.24, 2.45) is 5.73 Å². The van der Waals surface area contributed by atoms with Crippen molar-refractivity contribution < 1.29 is 13.2 Å². The summed E-state index contributed by atoms with van der Waals surface area (Å²) >= 11 is 3.28. The number of rotatable bonds is 3. The fourth-order valence-electron chi connectivity index (χ4n) is 2.33. The fourth-order valence-corrected chi connectivity index (χ4v) is 4.71. The lowest BCUT2D eigenvalue weighted by atomic mass is 10.2. The van der Waals surface area contributed by atoms with Gasteiger partial charge < -0.3 is 5.73 Å². The molecule has 0 radical (unpaired) electrons. The molecular weight excluding hydrogens is 368 g/mol. The number of amides is 1. The van der Waals surface area contributed by atoms with Crippen LogP contribution in [0.3, 0.4) is 0 Å². The molecule has 0 aliphatic rings. The summed E-state index contributed by atoms with van der Waals surface area (Å²) in [6.07, 6.45) is 0. The number of hydrogen-bond donors (Lipinski definition) is 1. The number of benzene rings is 2. The summed E-state index contributed by atoms with van der Waals surface area (Å²) in [5.74, 6) is -0.817. The van der Waals surface area contributed by atoms with Crippen LogP contribution < -0.4 is 5.73 Å². The number of carbonyl (C=O) groups is 1. The van der Waals surface area contributed by atoms with Gasteiger partial charge in [-0.15, -0.1) is 0 Å². The molecule has 0 spiro atoms.